The summed E-state index contributed by atoms with van der Waals surface area (Å²) in [6.45, 7) is 8.12. The van der Waals surface area contributed by atoms with E-state index in [1.54, 1.807) is 0 Å². The number of unbranched alkanes of at least 4 members (excludes halogenated alkanes) is 10. The number of ether oxygens (including phenoxy) is 10. The molecule has 0 spiro atoms. The summed E-state index contributed by atoms with van der Waals surface area (Å²) in [5, 5.41) is 0. The minimum atomic E-state index is 0.304. The van der Waals surface area contributed by atoms with E-state index in [0.29, 0.717) is 144 Å². The van der Waals surface area contributed by atoms with Crippen molar-refractivity contribution in [3.63, 3.8) is 0 Å². The Morgan fingerprint density at radius 3 is 0.471 bits per heavy atom. The van der Waals surface area contributed by atoms with Crippen LogP contribution in [0, 0.1) is 0 Å². The zero-order valence-corrected chi connectivity index (χ0v) is 71.7. The van der Waals surface area contributed by atoms with Crippen molar-refractivity contribution in [2.24, 2.45) is 0 Å². The van der Waals surface area contributed by atoms with E-state index in [4.69, 9.17) is 70.6 Å². The molecule has 10 bridgehead atoms. The second-order valence-corrected chi connectivity index (χ2v) is 31.8. The molecule has 0 amide bonds. The van der Waals surface area contributed by atoms with Gasteiger partial charge >= 0.3 is 0 Å². The van der Waals surface area contributed by atoms with Crippen molar-refractivity contribution in [1.29, 1.82) is 0 Å². The lowest BCUT2D eigenvalue weighted by molar-refractivity contribution is 0.287. The van der Waals surface area contributed by atoms with Gasteiger partial charge in [-0.25, -0.2) is 0 Å². The van der Waals surface area contributed by atoms with Gasteiger partial charge in [0.15, 0.2) is 0 Å². The van der Waals surface area contributed by atoms with Crippen LogP contribution in [0.2, 0.25) is 0 Å². The molecule has 13 aromatic rings. The van der Waals surface area contributed by atoms with Crippen LogP contribution in [0.4, 0.5) is 0 Å². The summed E-state index contributed by atoms with van der Waals surface area (Å²) < 4.78 is 72.8. The maximum Gasteiger partial charge on any atom is 0.123 e. The van der Waals surface area contributed by atoms with Crippen LogP contribution in [0.25, 0.3) is 0 Å². The molecule has 0 N–H and O–H groups in total. The monoisotopic (exact) mass is 1650 g/mol. The Morgan fingerprint density at radius 1 is 0.182 bits per heavy atom. The van der Waals surface area contributed by atoms with Crippen molar-refractivity contribution in [2.45, 2.75) is 176 Å². The van der Waals surface area contributed by atoms with Gasteiger partial charge in [0.05, 0.1) is 13.2 Å². The highest BCUT2D eigenvalue weighted by Crippen LogP contribution is 2.45. The van der Waals surface area contributed by atoms with Gasteiger partial charge in [-0.3, -0.25) is 0 Å². The first-order valence-corrected chi connectivity index (χ1v) is 44.4. The Hall–Kier alpha value is -11.6. The summed E-state index contributed by atoms with van der Waals surface area (Å²) >= 11 is 10.1. The van der Waals surface area contributed by atoms with Crippen LogP contribution in [0.15, 0.2) is 303 Å². The highest BCUT2D eigenvalue weighted by Gasteiger charge is 2.26. The molecule has 0 heterocycles. The van der Waals surface area contributed by atoms with Crippen molar-refractivity contribution in [3.8, 4) is 57.5 Å². The predicted molar refractivity (Wildman–Crippen MR) is 492 cm³/mol. The second kappa shape index (κ2) is 48.0. The van der Waals surface area contributed by atoms with Crippen LogP contribution in [0.3, 0.4) is 0 Å². The van der Waals surface area contributed by atoms with E-state index in [2.05, 4.69) is 269 Å². The first kappa shape index (κ1) is 87.3. The fraction of sp³-hybridized carbons (Fsp3) is 0.284. The molecule has 624 valence electrons. The Bertz CT molecular complexity index is 4890. The zero-order valence-electron chi connectivity index (χ0n) is 70.2. The third-order valence-electron chi connectivity index (χ3n) is 21.6. The van der Waals surface area contributed by atoms with Crippen LogP contribution in [0.1, 0.15) is 191 Å². The highest BCUT2D eigenvalue weighted by atomic mass is 35.5. The lowest BCUT2D eigenvalue weighted by Crippen LogP contribution is -2.09. The number of hydrogen-bond donors (Lipinski definition) is 0. The average Bonchev–Trinajstić information content (AvgIpc) is 1.48. The van der Waals surface area contributed by atoms with Crippen molar-refractivity contribution in [3.05, 3.63) is 403 Å². The number of halogens is 2. The Balaban J connectivity index is 0.00000309. The van der Waals surface area contributed by atoms with Gasteiger partial charge < -0.3 is 47.4 Å². The van der Waals surface area contributed by atoms with Gasteiger partial charge in [0.1, 0.15) is 110 Å². The molecule has 0 saturated carbocycles. The summed E-state index contributed by atoms with van der Waals surface area (Å²) in [7, 11) is 0. The number of alkyl halides is 2. The second-order valence-electron chi connectivity index (χ2n) is 31.0. The molecule has 10 nitrogen and oxygen atoms in total. The molecule has 121 heavy (non-hydrogen) atoms. The van der Waals surface area contributed by atoms with E-state index in [-0.39, 0.29) is 0 Å². The average molecular weight is 1660 g/mol. The van der Waals surface area contributed by atoms with Crippen molar-refractivity contribution in [2.75, 3.05) is 25.0 Å². The normalized spacial score (nSPS) is 11.6. The van der Waals surface area contributed by atoms with Crippen LogP contribution in [-0.2, 0) is 85.0 Å². The topological polar surface area (TPSA) is 92.3 Å². The molecule has 0 saturated heterocycles. The maximum absolute atomic E-state index is 7.29. The standard InChI is InChI=1S/C107H110O10.C2H4Cl2/c1-3-5-7-9-11-37-55-108-98-62-89-58-91-65-103(113-75-83-45-27-16-28-46-83)93(67-101(91)111-73-81-41-23-14-24-42-81)60-95-69-107(117-79-87-53-35-20-36-54-87)97(71-105(95)115-77-85-49-31-18-32-50-85)61-96-70-104(114-76-84-47-29-17-30-48-84)94(68-106(96)116-78-86-51-33-19-34-52-86)59-92-66-100(110-72-80-39-21-13-22-40-80)90(64-102(92)112-74-82-43-25-15-26-44-82)57-88(98)63-99(89)109-56-38-12-10-8-6-4-2;3-1-2-4/h13-36,39-54,62-71H,3-12,37-38,55-61,72-79H2,1-2H3;1-2H2. The largest absolute Gasteiger partial charge is 0.493 e. The van der Waals surface area contributed by atoms with Crippen LogP contribution < -0.4 is 47.4 Å². The molecule has 12 heteroatoms. The predicted octanol–water partition coefficient (Wildman–Crippen LogP) is 27.5. The molecule has 0 fully saturated rings. The molecule has 13 aromatic carbocycles. The van der Waals surface area contributed by atoms with E-state index in [0.717, 1.165) is 162 Å². The third kappa shape index (κ3) is 27.5. The van der Waals surface area contributed by atoms with Crippen LogP contribution >= 0.6 is 23.2 Å². The van der Waals surface area contributed by atoms with E-state index >= 15 is 0 Å². The van der Waals surface area contributed by atoms with E-state index in [1.165, 1.54) is 38.5 Å². The Labute approximate surface area is 727 Å². The number of hydrogen-bond acceptors (Lipinski definition) is 10. The Morgan fingerprint density at radius 2 is 0.322 bits per heavy atom. The molecule has 0 aliphatic heterocycles. The molecule has 10 aliphatic rings. The SMILES string of the molecule is CCCCCCCCOc1cc2c(OCCCCCCCC)cc1Cc1cc(OCc3ccccc3)c(cc1OCc1ccccc1)Cc1cc(OCc3ccccc3)c(cc1OCc1ccccc1)Cc1cc(OCc3ccccc3)c(cc1OCc1ccccc1)Cc1cc(OCc3ccccc3)c(cc1OCc1ccccc1)C2.ClCCCl. The fourth-order valence-electron chi connectivity index (χ4n) is 15.0. The molecule has 10 aliphatic carbocycles. The Kier molecular flexibility index (Phi) is 34.6. The first-order chi connectivity index (χ1) is 59.8. The molecule has 0 atom stereocenters. The zero-order chi connectivity index (χ0) is 83.1. The van der Waals surface area contributed by atoms with E-state index in [1.807, 2.05) is 48.5 Å². The first-order valence-electron chi connectivity index (χ1n) is 43.3. The molecule has 23 rings (SSSR count). The summed E-state index contributed by atoms with van der Waals surface area (Å²) in [5.41, 5.74) is 17.5. The quantitative estimate of drug-likeness (QED) is 0.0272. The number of rotatable bonds is 41. The van der Waals surface area contributed by atoms with Crippen LogP contribution in [-0.4, -0.2) is 25.0 Å². The summed E-state index contributed by atoms with van der Waals surface area (Å²) in [6, 6.07) is 105. The molecular weight excluding hydrogens is 1540 g/mol. The molecule has 0 unspecified atom stereocenters. The lowest BCUT2D eigenvalue weighted by Gasteiger charge is -2.22. The molecular formula is C109H114Cl2O10. The van der Waals surface area contributed by atoms with Gasteiger partial charge in [-0.2, -0.15) is 0 Å². The maximum atomic E-state index is 7.29. The van der Waals surface area contributed by atoms with Crippen molar-refractivity contribution in [1.82, 2.24) is 0 Å². The van der Waals surface area contributed by atoms with Gasteiger partial charge in [-0.15, -0.1) is 23.2 Å². The summed E-state index contributed by atoms with van der Waals surface area (Å²) in [5.74, 6) is 8.30. The minimum absolute atomic E-state index is 0.304. The van der Waals surface area contributed by atoms with Gasteiger partial charge in [-0.05, 0) is 118 Å². The van der Waals surface area contributed by atoms with E-state index < -0.39 is 0 Å². The number of benzene rings is 13. The smallest absolute Gasteiger partial charge is 0.123 e. The van der Waals surface area contributed by atoms with Crippen LogP contribution in [0.5, 0.6) is 57.5 Å². The fourth-order valence-corrected chi connectivity index (χ4v) is 15.0. The summed E-state index contributed by atoms with van der Waals surface area (Å²) in [6.07, 6.45) is 15.4. The van der Waals surface area contributed by atoms with Gasteiger partial charge in [0.25, 0.3) is 0 Å². The van der Waals surface area contributed by atoms with Crippen molar-refractivity contribution >= 4 is 23.2 Å². The molecule has 0 aromatic heterocycles. The van der Waals surface area contributed by atoms with Gasteiger partial charge in [0.2, 0.25) is 0 Å². The lowest BCUT2D eigenvalue weighted by atomic mass is 9.94. The third-order valence-corrected chi connectivity index (χ3v) is 22.2. The highest BCUT2D eigenvalue weighted by molar-refractivity contribution is 6.26. The van der Waals surface area contributed by atoms with E-state index in [9.17, 15) is 0 Å². The molecule has 0 radical (unpaired) electrons. The minimum Gasteiger partial charge on any atom is -0.493 e. The van der Waals surface area contributed by atoms with Gasteiger partial charge in [0, 0.05) is 99.5 Å². The van der Waals surface area contributed by atoms with Gasteiger partial charge in [-0.1, -0.05) is 321 Å². The summed E-state index contributed by atoms with van der Waals surface area (Å²) in [4.78, 5) is 0. The van der Waals surface area contributed by atoms with Crippen molar-refractivity contribution < 1.29 is 47.4 Å².